The Morgan fingerprint density at radius 1 is 1.24 bits per heavy atom. The van der Waals surface area contributed by atoms with Crippen LogP contribution in [0.5, 0.6) is 5.75 Å². The first kappa shape index (κ1) is 17.7. The van der Waals surface area contributed by atoms with E-state index in [-0.39, 0.29) is 18.4 Å². The minimum Gasteiger partial charge on any atom is -0.496 e. The molecule has 1 aromatic carbocycles. The van der Waals surface area contributed by atoms with Gasteiger partial charge in [0.1, 0.15) is 5.75 Å². The van der Waals surface area contributed by atoms with Gasteiger partial charge in [0.2, 0.25) is 5.91 Å². The number of hydrogen-bond acceptors (Lipinski definition) is 4. The predicted molar refractivity (Wildman–Crippen MR) is 91.6 cm³/mol. The average Bonchev–Trinajstić information content (AvgIpc) is 3.03. The van der Waals surface area contributed by atoms with Crippen molar-refractivity contribution in [1.82, 2.24) is 4.90 Å². The van der Waals surface area contributed by atoms with Crippen molar-refractivity contribution in [2.75, 3.05) is 33.9 Å². The topological polar surface area (TPSA) is 76.1 Å². The van der Waals surface area contributed by atoms with E-state index in [1.807, 2.05) is 24.3 Å². The average molecular weight is 347 g/mol. The SMILES string of the molecule is COCC1(C(=O)N2C[C@H](C(=O)O)[C@@H](c3ccccc3OC)C2)CCC1. The highest BCUT2D eigenvalue weighted by molar-refractivity contribution is 5.85. The highest BCUT2D eigenvalue weighted by atomic mass is 16.5. The van der Waals surface area contributed by atoms with Crippen LogP contribution >= 0.6 is 0 Å². The molecule has 1 aliphatic carbocycles. The maximum absolute atomic E-state index is 13.1. The molecular formula is C19H25NO5. The molecule has 0 spiro atoms. The number of nitrogens with zero attached hydrogens (tertiary/aromatic N) is 1. The Kier molecular flexibility index (Phi) is 4.99. The van der Waals surface area contributed by atoms with Crippen molar-refractivity contribution in [2.45, 2.75) is 25.2 Å². The molecule has 1 heterocycles. The van der Waals surface area contributed by atoms with Gasteiger partial charge in [0, 0.05) is 26.1 Å². The molecule has 1 saturated heterocycles. The number of benzene rings is 1. The Hall–Kier alpha value is -2.08. The van der Waals surface area contributed by atoms with Crippen LogP contribution in [0.15, 0.2) is 24.3 Å². The molecule has 2 atom stereocenters. The van der Waals surface area contributed by atoms with Gasteiger partial charge in [-0.05, 0) is 24.5 Å². The fourth-order valence-corrected chi connectivity index (χ4v) is 4.14. The molecule has 25 heavy (non-hydrogen) atoms. The highest BCUT2D eigenvalue weighted by Gasteiger charge is 2.50. The Labute approximate surface area is 147 Å². The predicted octanol–water partition coefficient (Wildman–Crippen LogP) is 2.14. The quantitative estimate of drug-likeness (QED) is 0.853. The number of carbonyl (C=O) groups is 2. The van der Waals surface area contributed by atoms with Crippen LogP contribution in [0, 0.1) is 11.3 Å². The molecular weight excluding hydrogens is 322 g/mol. The third kappa shape index (κ3) is 3.11. The van der Waals surface area contributed by atoms with E-state index < -0.39 is 17.3 Å². The zero-order chi connectivity index (χ0) is 18.0. The van der Waals surface area contributed by atoms with Crippen molar-refractivity contribution in [3.63, 3.8) is 0 Å². The van der Waals surface area contributed by atoms with Gasteiger partial charge in [0.15, 0.2) is 0 Å². The summed E-state index contributed by atoms with van der Waals surface area (Å²) in [5, 5.41) is 9.68. The molecule has 0 bridgehead atoms. The summed E-state index contributed by atoms with van der Waals surface area (Å²) in [7, 11) is 3.18. The van der Waals surface area contributed by atoms with Gasteiger partial charge in [-0.1, -0.05) is 24.6 Å². The molecule has 1 saturated carbocycles. The smallest absolute Gasteiger partial charge is 0.308 e. The maximum atomic E-state index is 13.1. The van der Waals surface area contributed by atoms with E-state index in [1.165, 1.54) is 0 Å². The van der Waals surface area contributed by atoms with E-state index in [0.29, 0.717) is 18.9 Å². The molecule has 6 nitrogen and oxygen atoms in total. The van der Waals surface area contributed by atoms with Crippen molar-refractivity contribution in [2.24, 2.45) is 11.3 Å². The molecule has 1 aromatic rings. The number of hydrogen-bond donors (Lipinski definition) is 1. The largest absolute Gasteiger partial charge is 0.496 e. The molecule has 1 amide bonds. The number of carbonyl (C=O) groups excluding carboxylic acids is 1. The molecule has 0 aromatic heterocycles. The van der Waals surface area contributed by atoms with E-state index in [4.69, 9.17) is 9.47 Å². The van der Waals surface area contributed by atoms with Crippen molar-refractivity contribution in [1.29, 1.82) is 0 Å². The molecule has 6 heteroatoms. The van der Waals surface area contributed by atoms with Gasteiger partial charge in [-0.25, -0.2) is 0 Å². The molecule has 2 aliphatic rings. The number of ether oxygens (including phenoxy) is 2. The zero-order valence-electron chi connectivity index (χ0n) is 14.7. The number of carboxylic acids is 1. The Morgan fingerprint density at radius 3 is 2.52 bits per heavy atom. The summed E-state index contributed by atoms with van der Waals surface area (Å²) in [6.45, 7) is 1.05. The van der Waals surface area contributed by atoms with Crippen LogP contribution < -0.4 is 4.74 Å². The lowest BCUT2D eigenvalue weighted by Crippen LogP contribution is -2.50. The van der Waals surface area contributed by atoms with Crippen LogP contribution in [0.4, 0.5) is 0 Å². The van der Waals surface area contributed by atoms with Gasteiger partial charge in [0.25, 0.3) is 0 Å². The van der Waals surface area contributed by atoms with Crippen LogP contribution in [0.1, 0.15) is 30.7 Å². The number of amides is 1. The highest BCUT2D eigenvalue weighted by Crippen LogP contribution is 2.45. The first-order valence-electron chi connectivity index (χ1n) is 8.66. The number of aliphatic carboxylic acids is 1. The zero-order valence-corrected chi connectivity index (χ0v) is 14.7. The van der Waals surface area contributed by atoms with Gasteiger partial charge in [-0.3, -0.25) is 9.59 Å². The lowest BCUT2D eigenvalue weighted by molar-refractivity contribution is -0.151. The second kappa shape index (κ2) is 7.04. The van der Waals surface area contributed by atoms with E-state index in [0.717, 1.165) is 24.8 Å². The fourth-order valence-electron chi connectivity index (χ4n) is 4.14. The molecule has 1 N–H and O–H groups in total. The first-order chi connectivity index (χ1) is 12.0. The third-order valence-corrected chi connectivity index (χ3v) is 5.65. The normalized spacial score (nSPS) is 24.6. The summed E-state index contributed by atoms with van der Waals surface area (Å²) >= 11 is 0. The number of carboxylic acid groups (broad SMARTS) is 1. The van der Waals surface area contributed by atoms with E-state index >= 15 is 0 Å². The van der Waals surface area contributed by atoms with Crippen LogP contribution in [0.2, 0.25) is 0 Å². The Balaban J connectivity index is 1.86. The van der Waals surface area contributed by atoms with Crippen LogP contribution in [0.3, 0.4) is 0 Å². The minimum atomic E-state index is -0.874. The molecule has 0 radical (unpaired) electrons. The van der Waals surface area contributed by atoms with Crippen LogP contribution in [-0.4, -0.2) is 55.8 Å². The van der Waals surface area contributed by atoms with Gasteiger partial charge in [0.05, 0.1) is 25.0 Å². The van der Waals surface area contributed by atoms with Crippen molar-refractivity contribution >= 4 is 11.9 Å². The van der Waals surface area contributed by atoms with Gasteiger partial charge >= 0.3 is 5.97 Å². The summed E-state index contributed by atoms with van der Waals surface area (Å²) in [4.78, 5) is 26.6. The number of methoxy groups -OCH3 is 2. The maximum Gasteiger partial charge on any atom is 0.308 e. The Morgan fingerprint density at radius 2 is 1.96 bits per heavy atom. The standard InChI is InChI=1S/C19H25NO5/c1-24-12-19(8-5-9-19)18(23)20-10-14(15(11-20)17(21)22)13-6-3-4-7-16(13)25-2/h3-4,6-7,14-15H,5,8-12H2,1-2H3,(H,21,22)/t14-,15+/m1/s1. The summed E-state index contributed by atoms with van der Waals surface area (Å²) in [6, 6.07) is 7.45. The fraction of sp³-hybridized carbons (Fsp3) is 0.579. The van der Waals surface area contributed by atoms with E-state index in [9.17, 15) is 14.7 Å². The van der Waals surface area contributed by atoms with Crippen LogP contribution in [-0.2, 0) is 14.3 Å². The van der Waals surface area contributed by atoms with Crippen molar-refractivity contribution in [3.8, 4) is 5.75 Å². The van der Waals surface area contributed by atoms with Gasteiger partial charge < -0.3 is 19.5 Å². The summed E-state index contributed by atoms with van der Waals surface area (Å²) in [5.74, 6) is -1.06. The molecule has 0 unspecified atom stereocenters. The molecule has 136 valence electrons. The molecule has 3 rings (SSSR count). The minimum absolute atomic E-state index is 0.0317. The van der Waals surface area contributed by atoms with Crippen molar-refractivity contribution < 1.29 is 24.2 Å². The number of rotatable bonds is 6. The van der Waals surface area contributed by atoms with E-state index in [2.05, 4.69) is 0 Å². The summed E-state index contributed by atoms with van der Waals surface area (Å²) < 4.78 is 10.7. The second-order valence-electron chi connectivity index (χ2n) is 7.07. The third-order valence-electron chi connectivity index (χ3n) is 5.65. The monoisotopic (exact) mass is 347 g/mol. The number of para-hydroxylation sites is 1. The lowest BCUT2D eigenvalue weighted by atomic mass is 9.68. The van der Waals surface area contributed by atoms with Crippen molar-refractivity contribution in [3.05, 3.63) is 29.8 Å². The summed E-state index contributed by atoms with van der Waals surface area (Å²) in [5.41, 5.74) is 0.384. The number of likely N-dealkylation sites (tertiary alicyclic amines) is 1. The van der Waals surface area contributed by atoms with Gasteiger partial charge in [-0.2, -0.15) is 0 Å². The molecule has 1 aliphatic heterocycles. The lowest BCUT2D eigenvalue weighted by Gasteiger charge is -2.42. The molecule has 2 fully saturated rings. The van der Waals surface area contributed by atoms with Gasteiger partial charge in [-0.15, -0.1) is 0 Å². The Bertz CT molecular complexity index is 655. The summed E-state index contributed by atoms with van der Waals surface area (Å²) in [6.07, 6.45) is 2.64. The first-order valence-corrected chi connectivity index (χ1v) is 8.66. The van der Waals surface area contributed by atoms with Crippen LogP contribution in [0.25, 0.3) is 0 Å². The van der Waals surface area contributed by atoms with E-state index in [1.54, 1.807) is 19.1 Å². The second-order valence-corrected chi connectivity index (χ2v) is 7.07.